The minimum Gasteiger partial charge on any atom is -0.430 e. The first-order valence-corrected chi connectivity index (χ1v) is 35.3. The summed E-state index contributed by atoms with van der Waals surface area (Å²) in [5.41, 5.74) is 0. The Balaban J connectivity index is 1.57. The Morgan fingerprint density at radius 1 is 0.318 bits per heavy atom. The molecular weight excluding hydrogens is 927 g/mol. The van der Waals surface area contributed by atoms with Crippen LogP contribution in [0.15, 0.2) is 182 Å². The van der Waals surface area contributed by atoms with Gasteiger partial charge in [-0.05, 0) is 76.7 Å². The van der Waals surface area contributed by atoms with Crippen LogP contribution < -0.4 is 36.4 Å². The number of rotatable bonds is 27. The van der Waals surface area contributed by atoms with Crippen molar-refractivity contribution in [3.8, 4) is 0 Å². The zero-order valence-corrected chi connectivity index (χ0v) is 45.7. The molecule has 0 aromatic heterocycles. The van der Waals surface area contributed by atoms with Crippen molar-refractivity contribution in [3.05, 3.63) is 182 Å². The quantitative estimate of drug-likeness (QED) is 0.0480. The normalized spacial score (nSPS) is 12.9. The van der Waals surface area contributed by atoms with E-state index in [0.717, 1.165) is 50.5 Å². The molecule has 16 heteroatoms. The highest BCUT2D eigenvalue weighted by Crippen LogP contribution is 2.30. The summed E-state index contributed by atoms with van der Waals surface area (Å²) < 4.78 is 62.6. The topological polar surface area (TPSA) is 95.1 Å². The molecule has 0 aliphatic carbocycles. The summed E-state index contributed by atoms with van der Waals surface area (Å²) in [5.74, 6) is 0. The summed E-state index contributed by atoms with van der Waals surface area (Å²) >= 11 is 0. The molecule has 0 aliphatic rings. The number of benzene rings is 6. The largest absolute Gasteiger partial charge is 0.500 e. The van der Waals surface area contributed by atoms with Crippen molar-refractivity contribution >= 4 is 82.7 Å². The fraction of sp³-hybridized carbons (Fsp3) is 0.280. The Labute approximate surface area is 399 Å². The van der Waals surface area contributed by atoms with Crippen molar-refractivity contribution in [2.45, 2.75) is 44.6 Å². The Bertz CT molecular complexity index is 2170. The highest BCUT2D eigenvalue weighted by Gasteiger charge is 2.63. The van der Waals surface area contributed by atoms with Crippen LogP contribution in [-0.2, 0) is 38.6 Å². The summed E-state index contributed by atoms with van der Waals surface area (Å²) in [5, 5.41) is 9.21. The van der Waals surface area contributed by atoms with Gasteiger partial charge in [-0.25, -0.2) is 0 Å². The lowest BCUT2D eigenvalue weighted by Gasteiger charge is -2.48. The second kappa shape index (κ2) is 24.0. The maximum atomic E-state index is 8.50. The van der Waals surface area contributed by atoms with E-state index in [1.54, 1.807) is 35.5 Å². The monoisotopic (exact) mass is 993 g/mol. The molecule has 0 heterocycles. The molecule has 0 saturated carbocycles. The second-order valence-electron chi connectivity index (χ2n) is 16.9. The number of hydrogen-bond donors (Lipinski definition) is 1. The van der Waals surface area contributed by atoms with Crippen LogP contribution in [0.2, 0.25) is 31.7 Å². The SMILES string of the molecule is CO[Si](CCCNCCC[Si](OC)(OC)O[Si](O[Si](O[Si](O[Si](C)(C)C)(c1ccccc1)c1ccccc1)(c1ccccc1)c1ccccc1)(c1ccccc1)c1ccccc1)(OC)OC. The van der Waals surface area contributed by atoms with Crippen LogP contribution in [0.1, 0.15) is 12.8 Å². The van der Waals surface area contributed by atoms with Crippen LogP contribution in [0.25, 0.3) is 0 Å². The van der Waals surface area contributed by atoms with E-state index in [0.29, 0.717) is 18.6 Å². The lowest BCUT2D eigenvalue weighted by molar-refractivity contribution is 0.123. The highest BCUT2D eigenvalue weighted by atomic mass is 28.5. The lowest BCUT2D eigenvalue weighted by atomic mass is 10.4. The molecule has 0 spiro atoms. The van der Waals surface area contributed by atoms with Gasteiger partial charge in [-0.2, -0.15) is 0 Å². The Kier molecular flexibility index (Phi) is 18.8. The summed E-state index contributed by atoms with van der Waals surface area (Å²) in [6, 6.07) is 63.8. The third-order valence-electron chi connectivity index (χ3n) is 11.5. The van der Waals surface area contributed by atoms with Gasteiger partial charge in [0.25, 0.3) is 0 Å². The first kappa shape index (κ1) is 51.6. The molecule has 0 radical (unpaired) electrons. The Hall–Kier alpha value is -3.78. The smallest absolute Gasteiger partial charge is 0.430 e. The Morgan fingerprint density at radius 3 is 0.818 bits per heavy atom. The molecule has 6 aromatic carbocycles. The van der Waals surface area contributed by atoms with Crippen molar-refractivity contribution in [3.63, 3.8) is 0 Å². The maximum Gasteiger partial charge on any atom is 0.500 e. The molecule has 0 amide bonds. The van der Waals surface area contributed by atoms with Gasteiger partial charge in [-0.1, -0.05) is 182 Å². The first-order chi connectivity index (χ1) is 32.0. The van der Waals surface area contributed by atoms with Gasteiger partial charge >= 0.3 is 43.3 Å². The molecule has 10 nitrogen and oxygen atoms in total. The van der Waals surface area contributed by atoms with E-state index in [2.05, 4.69) is 146 Å². The van der Waals surface area contributed by atoms with Crippen LogP contribution >= 0.6 is 0 Å². The fourth-order valence-electron chi connectivity index (χ4n) is 8.23. The van der Waals surface area contributed by atoms with Gasteiger partial charge in [-0.15, -0.1) is 0 Å². The van der Waals surface area contributed by atoms with Crippen molar-refractivity contribution in [1.29, 1.82) is 0 Å². The molecule has 6 rings (SSSR count). The van der Waals surface area contributed by atoms with Gasteiger partial charge in [0.15, 0.2) is 8.32 Å². The molecule has 0 saturated heterocycles. The highest BCUT2D eigenvalue weighted by molar-refractivity contribution is 7.11. The molecule has 0 unspecified atom stereocenters. The second-order valence-corrected chi connectivity index (χ2v) is 37.3. The van der Waals surface area contributed by atoms with E-state index in [9.17, 15) is 0 Å². The Morgan fingerprint density at radius 2 is 0.561 bits per heavy atom. The lowest BCUT2D eigenvalue weighted by Crippen LogP contribution is -2.82. The van der Waals surface area contributed by atoms with E-state index in [4.69, 9.17) is 38.6 Å². The maximum absolute atomic E-state index is 8.50. The molecule has 0 aliphatic heterocycles. The van der Waals surface area contributed by atoms with Crippen LogP contribution in [0.5, 0.6) is 0 Å². The van der Waals surface area contributed by atoms with Gasteiger partial charge in [0, 0.05) is 47.6 Å². The van der Waals surface area contributed by atoms with Gasteiger partial charge in [0.1, 0.15) is 0 Å². The van der Waals surface area contributed by atoms with E-state index in [1.807, 2.05) is 60.7 Å². The predicted octanol–water partition coefficient (Wildman–Crippen LogP) is 6.14. The predicted molar refractivity (Wildman–Crippen MR) is 280 cm³/mol. The molecule has 0 atom stereocenters. The molecule has 6 aromatic rings. The van der Waals surface area contributed by atoms with Gasteiger partial charge in [0.05, 0.1) is 0 Å². The molecule has 0 bridgehead atoms. The molecule has 350 valence electrons. The van der Waals surface area contributed by atoms with Gasteiger partial charge in [0.2, 0.25) is 0 Å². The minimum absolute atomic E-state index is 0.523. The van der Waals surface area contributed by atoms with Crippen molar-refractivity contribution in [2.75, 3.05) is 48.6 Å². The summed E-state index contributed by atoms with van der Waals surface area (Å²) in [6.07, 6.45) is 1.56. The fourth-order valence-corrected chi connectivity index (χ4v) is 32.7. The average molecular weight is 995 g/mol. The summed E-state index contributed by atoms with van der Waals surface area (Å²) in [7, 11) is -12.2. The van der Waals surface area contributed by atoms with Gasteiger partial charge < -0.3 is 43.9 Å². The summed E-state index contributed by atoms with van der Waals surface area (Å²) in [4.78, 5) is 0. The number of nitrogens with one attached hydrogen (secondary N) is 1. The standard InChI is InChI=1S/C50H67NO9Si6/c1-52-62(53-2,54-3)43-27-41-51-42-28-44-63(55-4,56-5)58-65(47-33-19-11-20-34-47,48-35-21-12-22-36-48)60-66(49-37-23-13-24-38-49,50-39-25-14-26-40-50)59-64(57-61(6,7)8,45-29-15-9-16-30-45)46-31-17-10-18-32-46/h9-26,29-40,51H,27-28,41-44H2,1-8H3. The van der Waals surface area contributed by atoms with Crippen LogP contribution in [-0.4, -0.2) is 100 Å². The average Bonchev–Trinajstić information content (AvgIpc) is 3.37. The van der Waals surface area contributed by atoms with Crippen molar-refractivity contribution in [1.82, 2.24) is 5.32 Å². The molecule has 66 heavy (non-hydrogen) atoms. The minimum atomic E-state index is -4.09. The van der Waals surface area contributed by atoms with E-state index < -0.39 is 51.6 Å². The van der Waals surface area contributed by atoms with Crippen molar-refractivity contribution < 1.29 is 38.6 Å². The van der Waals surface area contributed by atoms with E-state index >= 15 is 0 Å². The van der Waals surface area contributed by atoms with Crippen molar-refractivity contribution in [2.24, 2.45) is 0 Å². The van der Waals surface area contributed by atoms with E-state index in [1.165, 1.54) is 0 Å². The summed E-state index contributed by atoms with van der Waals surface area (Å²) in [6.45, 7) is 8.17. The number of hydrogen-bond acceptors (Lipinski definition) is 10. The van der Waals surface area contributed by atoms with Crippen LogP contribution in [0.4, 0.5) is 0 Å². The van der Waals surface area contributed by atoms with Gasteiger partial charge in [-0.3, -0.25) is 0 Å². The first-order valence-electron chi connectivity index (χ1n) is 22.6. The van der Waals surface area contributed by atoms with Crippen LogP contribution in [0, 0.1) is 0 Å². The molecular formula is C50H67NO9Si6. The zero-order valence-electron chi connectivity index (χ0n) is 39.7. The molecule has 1 N–H and O–H groups in total. The molecule has 0 fully saturated rings. The van der Waals surface area contributed by atoms with Crippen LogP contribution in [0.3, 0.4) is 0 Å². The zero-order chi connectivity index (χ0) is 47.0. The third-order valence-corrected chi connectivity index (χ3v) is 33.7. The van der Waals surface area contributed by atoms with E-state index in [-0.39, 0.29) is 0 Å². The third kappa shape index (κ3) is 12.3.